The Kier molecular flexibility index (Phi) is 6.23. The minimum atomic E-state index is -0.915. The van der Waals surface area contributed by atoms with Crippen molar-refractivity contribution >= 4 is 23.1 Å². The molecule has 1 aromatic heterocycles. The quantitative estimate of drug-likeness (QED) is 0.533. The molecule has 6 nitrogen and oxygen atoms in total. The van der Waals surface area contributed by atoms with Crippen LogP contribution in [-0.2, 0) is 0 Å². The molecule has 1 aliphatic rings. The van der Waals surface area contributed by atoms with Gasteiger partial charge < -0.3 is 9.64 Å². The van der Waals surface area contributed by atoms with Crippen molar-refractivity contribution in [1.82, 2.24) is 9.78 Å². The molecule has 1 fully saturated rings. The molecule has 2 aromatic carbocycles. The zero-order valence-corrected chi connectivity index (χ0v) is 18.0. The topological polar surface area (TPSA) is 64.4 Å². The van der Waals surface area contributed by atoms with E-state index < -0.39 is 17.2 Å². The zero-order chi connectivity index (χ0) is 22.8. The fourth-order valence-corrected chi connectivity index (χ4v) is 4.09. The van der Waals surface area contributed by atoms with E-state index in [-0.39, 0.29) is 22.4 Å². The van der Waals surface area contributed by atoms with Crippen molar-refractivity contribution in [3.8, 4) is 11.4 Å². The number of hydrogen-bond acceptors (Lipinski definition) is 5. The van der Waals surface area contributed by atoms with Gasteiger partial charge in [-0.1, -0.05) is 11.6 Å². The average Bonchev–Trinajstić information content (AvgIpc) is 2.81. The first-order valence-electron chi connectivity index (χ1n) is 10.1. The first kappa shape index (κ1) is 22.0. The molecule has 0 aliphatic carbocycles. The van der Waals surface area contributed by atoms with Crippen LogP contribution in [0.25, 0.3) is 5.69 Å². The van der Waals surface area contributed by atoms with Crippen LogP contribution in [0.2, 0.25) is 5.02 Å². The van der Waals surface area contributed by atoms with Crippen molar-refractivity contribution in [3.05, 3.63) is 81.2 Å². The maximum atomic E-state index is 14.1. The predicted molar refractivity (Wildman–Crippen MR) is 117 cm³/mol. The fourth-order valence-electron chi connectivity index (χ4n) is 3.84. The minimum absolute atomic E-state index is 0.0683. The van der Waals surface area contributed by atoms with Gasteiger partial charge in [0.1, 0.15) is 22.3 Å². The van der Waals surface area contributed by atoms with Crippen molar-refractivity contribution in [2.24, 2.45) is 5.92 Å². The van der Waals surface area contributed by atoms with Crippen LogP contribution >= 0.6 is 11.6 Å². The Bertz CT molecular complexity index is 1210. The molecule has 0 N–H and O–H groups in total. The number of methoxy groups -OCH3 is 1. The lowest BCUT2D eigenvalue weighted by atomic mass is 9.88. The van der Waals surface area contributed by atoms with Crippen LogP contribution in [0.5, 0.6) is 5.75 Å². The van der Waals surface area contributed by atoms with Crippen LogP contribution < -0.4 is 15.2 Å². The molecule has 0 spiro atoms. The molecule has 0 bridgehead atoms. The van der Waals surface area contributed by atoms with Gasteiger partial charge in [0, 0.05) is 30.6 Å². The summed E-state index contributed by atoms with van der Waals surface area (Å²) < 4.78 is 33.2. The molecule has 32 heavy (non-hydrogen) atoms. The van der Waals surface area contributed by atoms with E-state index in [2.05, 4.69) is 5.10 Å². The van der Waals surface area contributed by atoms with Gasteiger partial charge in [0.25, 0.3) is 5.56 Å². The summed E-state index contributed by atoms with van der Waals surface area (Å²) in [6, 6.07) is 9.87. The first-order chi connectivity index (χ1) is 15.4. The van der Waals surface area contributed by atoms with Crippen molar-refractivity contribution in [1.29, 1.82) is 0 Å². The van der Waals surface area contributed by atoms with Gasteiger partial charge >= 0.3 is 0 Å². The summed E-state index contributed by atoms with van der Waals surface area (Å²) >= 11 is 6.30. The van der Waals surface area contributed by atoms with Gasteiger partial charge in [0.05, 0.1) is 19.0 Å². The second kappa shape index (κ2) is 9.08. The number of Topliss-reactive ketones (excluding diaryl/α,β-unsaturated/α-hetero) is 1. The van der Waals surface area contributed by atoms with Gasteiger partial charge in [0.15, 0.2) is 11.6 Å². The number of benzene rings is 2. The van der Waals surface area contributed by atoms with Crippen molar-refractivity contribution in [2.45, 2.75) is 12.8 Å². The number of rotatable bonds is 5. The van der Waals surface area contributed by atoms with E-state index in [0.29, 0.717) is 49.0 Å². The Morgan fingerprint density at radius 1 is 1.09 bits per heavy atom. The molecule has 0 radical (unpaired) electrons. The highest BCUT2D eigenvalue weighted by Gasteiger charge is 2.28. The van der Waals surface area contributed by atoms with Crippen LogP contribution in [0.3, 0.4) is 0 Å². The molecule has 0 saturated carbocycles. The van der Waals surface area contributed by atoms with E-state index in [0.717, 1.165) is 16.8 Å². The Balaban J connectivity index is 1.49. The summed E-state index contributed by atoms with van der Waals surface area (Å²) in [6.07, 6.45) is 2.58. The SMILES string of the molecule is COc1ccc(C(=O)C2CCN(c3cnn(-c4ccc(F)cc4F)c(=O)c3Cl)CC2)cc1. The van der Waals surface area contributed by atoms with E-state index in [1.165, 1.54) is 6.20 Å². The number of nitrogens with zero attached hydrogens (tertiary/aromatic N) is 3. The Morgan fingerprint density at radius 2 is 1.78 bits per heavy atom. The third-order valence-electron chi connectivity index (χ3n) is 5.62. The lowest BCUT2D eigenvalue weighted by Gasteiger charge is -2.33. The van der Waals surface area contributed by atoms with Gasteiger partial charge in [-0.3, -0.25) is 9.59 Å². The van der Waals surface area contributed by atoms with Crippen molar-refractivity contribution in [2.75, 3.05) is 25.1 Å². The van der Waals surface area contributed by atoms with Gasteiger partial charge in [-0.25, -0.2) is 8.78 Å². The van der Waals surface area contributed by atoms with E-state index in [1.807, 2.05) is 4.90 Å². The highest BCUT2D eigenvalue weighted by Crippen LogP contribution is 2.29. The van der Waals surface area contributed by atoms with E-state index in [1.54, 1.807) is 31.4 Å². The maximum Gasteiger partial charge on any atom is 0.292 e. The fraction of sp³-hybridized carbons (Fsp3) is 0.261. The molecule has 9 heteroatoms. The van der Waals surface area contributed by atoms with Crippen LogP contribution in [0.4, 0.5) is 14.5 Å². The summed E-state index contributed by atoms with van der Waals surface area (Å²) in [5, 5.41) is 3.92. The van der Waals surface area contributed by atoms with Crippen molar-refractivity contribution < 1.29 is 18.3 Å². The number of hydrogen-bond donors (Lipinski definition) is 0. The van der Waals surface area contributed by atoms with Gasteiger partial charge in [-0.2, -0.15) is 9.78 Å². The highest BCUT2D eigenvalue weighted by atomic mass is 35.5. The number of anilines is 1. The number of carbonyl (C=O) groups excluding carboxylic acids is 1. The van der Waals surface area contributed by atoms with Crippen LogP contribution in [0, 0.1) is 17.6 Å². The van der Waals surface area contributed by atoms with Crippen LogP contribution in [0.15, 0.2) is 53.5 Å². The second-order valence-electron chi connectivity index (χ2n) is 7.51. The molecule has 1 aliphatic heterocycles. The lowest BCUT2D eigenvalue weighted by molar-refractivity contribution is 0.0900. The average molecular weight is 460 g/mol. The zero-order valence-electron chi connectivity index (χ0n) is 17.2. The number of carbonyl (C=O) groups is 1. The highest BCUT2D eigenvalue weighted by molar-refractivity contribution is 6.33. The maximum absolute atomic E-state index is 14.1. The van der Waals surface area contributed by atoms with Gasteiger partial charge in [0.2, 0.25) is 0 Å². The summed E-state index contributed by atoms with van der Waals surface area (Å²) in [6.45, 7) is 1.03. The molecule has 0 amide bonds. The molecular weight excluding hydrogens is 440 g/mol. The first-order valence-corrected chi connectivity index (χ1v) is 10.4. The smallest absolute Gasteiger partial charge is 0.292 e. The molecule has 1 saturated heterocycles. The molecule has 2 heterocycles. The third-order valence-corrected chi connectivity index (χ3v) is 5.97. The number of ketones is 1. The minimum Gasteiger partial charge on any atom is -0.497 e. The van der Waals surface area contributed by atoms with Crippen LogP contribution in [-0.4, -0.2) is 35.8 Å². The molecule has 0 unspecified atom stereocenters. The van der Waals surface area contributed by atoms with Gasteiger partial charge in [-0.05, 0) is 49.2 Å². The van der Waals surface area contributed by atoms with E-state index in [9.17, 15) is 18.4 Å². The number of piperidine rings is 1. The number of halogens is 3. The van der Waals surface area contributed by atoms with Crippen LogP contribution in [0.1, 0.15) is 23.2 Å². The monoisotopic (exact) mass is 459 g/mol. The molecular formula is C23H20ClF2N3O3. The summed E-state index contributed by atoms with van der Waals surface area (Å²) in [7, 11) is 1.57. The summed E-state index contributed by atoms with van der Waals surface area (Å²) in [5.41, 5.74) is 0.165. The molecule has 0 atom stereocenters. The standard InChI is InChI=1S/C23H20ClF2N3O3/c1-32-17-5-2-14(3-6-17)22(30)15-8-10-28(11-9-15)20-13-27-29(23(31)21(20)24)19-7-4-16(25)12-18(19)26/h2-7,12-13,15H,8-11H2,1H3. The Labute approximate surface area is 188 Å². The third kappa shape index (κ3) is 4.23. The largest absolute Gasteiger partial charge is 0.497 e. The summed E-state index contributed by atoms with van der Waals surface area (Å²) in [5.74, 6) is -1.05. The Morgan fingerprint density at radius 3 is 2.41 bits per heavy atom. The van der Waals surface area contributed by atoms with Gasteiger partial charge in [-0.15, -0.1) is 0 Å². The van der Waals surface area contributed by atoms with Crippen molar-refractivity contribution in [3.63, 3.8) is 0 Å². The summed E-state index contributed by atoms with van der Waals surface area (Å²) in [4.78, 5) is 27.4. The number of ether oxygens (including phenoxy) is 1. The normalized spacial score (nSPS) is 14.4. The molecule has 4 rings (SSSR count). The predicted octanol–water partition coefficient (Wildman–Crippen LogP) is 4.27. The van der Waals surface area contributed by atoms with E-state index >= 15 is 0 Å². The van der Waals surface area contributed by atoms with E-state index in [4.69, 9.17) is 16.3 Å². The lowest BCUT2D eigenvalue weighted by Crippen LogP contribution is -2.38. The number of aromatic nitrogens is 2. The second-order valence-corrected chi connectivity index (χ2v) is 7.89. The Hall–Kier alpha value is -3.26. The molecule has 3 aromatic rings. The molecule has 166 valence electrons.